The van der Waals surface area contributed by atoms with Gasteiger partial charge in [0, 0.05) is 0 Å². The molecular weight excluding hydrogens is 541 g/mol. The zero-order valence-corrected chi connectivity index (χ0v) is 22.9. The fourth-order valence-corrected chi connectivity index (χ4v) is 5.18. The van der Waals surface area contributed by atoms with Crippen molar-refractivity contribution in [3.05, 3.63) is 124 Å². The van der Waals surface area contributed by atoms with Gasteiger partial charge in [0.25, 0.3) is 0 Å². The summed E-state index contributed by atoms with van der Waals surface area (Å²) in [7, 11) is 0.760. The third-order valence-corrected chi connectivity index (χ3v) is 6.94. The average Bonchev–Trinajstić information content (AvgIpc) is 2.81. The summed E-state index contributed by atoms with van der Waals surface area (Å²) in [6, 6.07) is 19.0. The van der Waals surface area contributed by atoms with Gasteiger partial charge in [0.1, 0.15) is 0 Å². The molecule has 0 spiro atoms. The van der Waals surface area contributed by atoms with Crippen LogP contribution >= 0.6 is 9.69 Å². The molecule has 2 atom stereocenters. The Morgan fingerprint density at radius 2 is 1.27 bits per heavy atom. The molecule has 0 radical (unpaired) electrons. The Hall–Kier alpha value is -1.56. The van der Waals surface area contributed by atoms with Crippen LogP contribution in [0, 0.1) is 35.1 Å². The van der Waals surface area contributed by atoms with Crippen LogP contribution in [0.15, 0.2) is 66.7 Å². The van der Waals surface area contributed by atoms with Gasteiger partial charge in [-0.05, 0) is 55.5 Å². The van der Waals surface area contributed by atoms with Crippen LogP contribution in [0.4, 0.5) is 0 Å². The predicted molar refractivity (Wildman–Crippen MR) is 136 cm³/mol. The zero-order chi connectivity index (χ0) is 23.9. The summed E-state index contributed by atoms with van der Waals surface area (Å²) in [6.07, 6.45) is 0. The van der Waals surface area contributed by atoms with Crippen molar-refractivity contribution >= 4 is 19.7 Å². The molecule has 3 aromatic carbocycles. The number of hydrogen-bond acceptors (Lipinski definition) is 2. The molecule has 1 N–H and O–H groups in total. The predicted octanol–water partition coefficient (Wildman–Crippen LogP) is 7.80. The summed E-state index contributed by atoms with van der Waals surface area (Å²) in [6.45, 7) is 7.91. The summed E-state index contributed by atoms with van der Waals surface area (Å²) >= 11 is 1.82. The number of aryl methyl sites for hydroxylation is 2. The summed E-state index contributed by atoms with van der Waals surface area (Å²) in [5.41, 5.74) is 15.2. The van der Waals surface area contributed by atoms with E-state index < -0.39 is 22.1 Å². The molecular formula is C26H31ClN2O2RuS. The topological polar surface area (TPSA) is 72.0 Å². The second-order valence-corrected chi connectivity index (χ2v) is 9.48. The molecule has 0 fully saturated rings. The van der Waals surface area contributed by atoms with Crippen LogP contribution in [0.5, 0.6) is 0 Å². The van der Waals surface area contributed by atoms with Crippen molar-refractivity contribution < 1.29 is 25.7 Å². The van der Waals surface area contributed by atoms with E-state index in [0.717, 1.165) is 38.9 Å². The van der Waals surface area contributed by atoms with Gasteiger partial charge in [-0.15, -0.1) is 12.1 Å². The first-order chi connectivity index (χ1) is 15.2. The van der Waals surface area contributed by atoms with E-state index in [2.05, 4.69) is 20.5 Å². The number of rotatable bonds is 7. The molecule has 4 nitrogen and oxygen atoms in total. The molecule has 0 saturated heterocycles. The van der Waals surface area contributed by atoms with E-state index in [9.17, 15) is 8.42 Å². The molecule has 0 amide bonds. The van der Waals surface area contributed by atoms with Gasteiger partial charge in [-0.1, -0.05) is 77.9 Å². The van der Waals surface area contributed by atoms with Gasteiger partial charge in [0.05, 0.1) is 15.8 Å². The molecule has 0 aliphatic heterocycles. The quantitative estimate of drug-likeness (QED) is 0.214. The molecule has 0 saturated carbocycles. The summed E-state index contributed by atoms with van der Waals surface area (Å²) in [4.78, 5) is 0. The van der Waals surface area contributed by atoms with E-state index >= 15 is 0 Å². The maximum atomic E-state index is 13.2. The van der Waals surface area contributed by atoms with E-state index in [1.165, 1.54) is 0 Å². The van der Waals surface area contributed by atoms with Crippen molar-refractivity contribution in [2.45, 2.75) is 45.5 Å². The van der Waals surface area contributed by atoms with E-state index in [-0.39, 0.29) is 13.2 Å². The van der Waals surface area contributed by atoms with Crippen molar-refractivity contribution in [3.8, 4) is 0 Å². The third kappa shape index (κ3) is 7.73. The van der Waals surface area contributed by atoms with Gasteiger partial charge in [-0.2, -0.15) is 0 Å². The number of halogens is 1. The van der Waals surface area contributed by atoms with Crippen molar-refractivity contribution in [2.75, 3.05) is 0 Å². The number of nitrogens with one attached hydrogen (secondary N) is 1. The Labute approximate surface area is 213 Å². The standard InChI is InChI=1S/C25H28N2O2S.CH3.ClH.Ru/c1-17-15-18(2)20(4)23(19(17)3)16-30(28,29)27-25(22-13-9-6-10-14-22)24(26)21-11-7-5-8-12-21;;;/h5-15,24-26H,16H2,1-4H3;1H3;1H;/q-2;-1;;+4/p-1. The van der Waals surface area contributed by atoms with Gasteiger partial charge in [0.2, 0.25) is 0 Å². The second kappa shape index (κ2) is 13.4. The first kappa shape index (κ1) is 29.5. The Bertz CT molecular complexity index is 1100. The molecule has 0 bridgehead atoms. The van der Waals surface area contributed by atoms with E-state index in [1.807, 2.05) is 106 Å². The van der Waals surface area contributed by atoms with Gasteiger partial charge >= 0.3 is 27.0 Å². The number of benzene rings is 3. The molecule has 7 heteroatoms. The number of nitrogens with zero attached hydrogens (tertiary/aromatic N) is 1. The van der Waals surface area contributed by atoms with Gasteiger partial charge in [0.15, 0.2) is 0 Å². The molecule has 3 aromatic rings. The fraction of sp³-hybridized carbons (Fsp3) is 0.269. The molecule has 0 aliphatic rings. The molecule has 0 heterocycles. The molecule has 33 heavy (non-hydrogen) atoms. The van der Waals surface area contributed by atoms with Gasteiger partial charge in [-0.3, -0.25) is 0 Å². The van der Waals surface area contributed by atoms with E-state index in [4.69, 9.17) is 5.73 Å². The van der Waals surface area contributed by atoms with Crippen LogP contribution in [0.3, 0.4) is 0 Å². The summed E-state index contributed by atoms with van der Waals surface area (Å²) in [5.74, 6) is -0.155. The zero-order valence-electron chi connectivity index (χ0n) is 19.6. The van der Waals surface area contributed by atoms with Crippen LogP contribution in [-0.2, 0) is 33.1 Å². The second-order valence-electron chi connectivity index (χ2n) is 7.81. The van der Waals surface area contributed by atoms with E-state index in [1.54, 1.807) is 0 Å². The SMILES string of the molecule is Cc1cc(C)c(C)c(CS(=O)(=O)[N-]C(c2ccccc2)C([NH-])c2ccccc2)c1C.[CH3-].[Cl][Ru+3]. The van der Waals surface area contributed by atoms with Crippen LogP contribution < -0.4 is 0 Å². The van der Waals surface area contributed by atoms with E-state index in [0.29, 0.717) is 0 Å². The van der Waals surface area contributed by atoms with Crippen molar-refractivity contribution in [1.29, 1.82) is 0 Å². The van der Waals surface area contributed by atoms with Gasteiger partial charge in [-0.25, -0.2) is 8.42 Å². The minimum absolute atomic E-state index is 0. The number of hydrogen-bond donors (Lipinski definition) is 0. The Kier molecular flexibility index (Phi) is 11.9. The third-order valence-electron chi connectivity index (χ3n) is 5.74. The molecule has 0 aromatic heterocycles. The molecule has 2 unspecified atom stereocenters. The minimum atomic E-state index is -3.81. The van der Waals surface area contributed by atoms with Crippen molar-refractivity contribution in [1.82, 2.24) is 0 Å². The summed E-state index contributed by atoms with van der Waals surface area (Å²) in [5, 5.41) is 0. The molecule has 178 valence electrons. The molecule has 0 aliphatic carbocycles. The Morgan fingerprint density at radius 1 is 0.848 bits per heavy atom. The Balaban J connectivity index is 0.00000177. The first-order valence-corrected chi connectivity index (χ1v) is 14.0. The maximum absolute atomic E-state index is 13.2. The fourth-order valence-electron chi connectivity index (χ4n) is 3.71. The first-order valence-electron chi connectivity index (χ1n) is 10.1. The summed E-state index contributed by atoms with van der Waals surface area (Å²) < 4.78 is 30.7. The van der Waals surface area contributed by atoms with Crippen LogP contribution in [-0.4, -0.2) is 8.42 Å². The average molecular weight is 572 g/mol. The van der Waals surface area contributed by atoms with Crippen LogP contribution in [0.1, 0.15) is 51.0 Å². The van der Waals surface area contributed by atoms with Crippen molar-refractivity contribution in [2.24, 2.45) is 0 Å². The Morgan fingerprint density at radius 3 is 1.73 bits per heavy atom. The monoisotopic (exact) mass is 572 g/mol. The van der Waals surface area contributed by atoms with Crippen LogP contribution in [0.2, 0.25) is 0 Å². The van der Waals surface area contributed by atoms with Crippen LogP contribution in [0.25, 0.3) is 10.5 Å². The van der Waals surface area contributed by atoms with Gasteiger partial charge < -0.3 is 17.9 Å². The van der Waals surface area contributed by atoms with Crippen molar-refractivity contribution in [3.63, 3.8) is 0 Å². The number of sulfonamides is 1. The molecule has 3 rings (SSSR count). The normalized spacial score (nSPS) is 12.7.